The SMILES string of the molecule is CCOC(=O)C1=C[C@@H](c2ccc(Br)cc2)[C@](C)(c2ccc(C)cc2)C(=O)O1. The van der Waals surface area contributed by atoms with E-state index in [-0.39, 0.29) is 18.3 Å². The number of hydrogen-bond donors (Lipinski definition) is 0. The summed E-state index contributed by atoms with van der Waals surface area (Å²) in [5.74, 6) is -1.52. The van der Waals surface area contributed by atoms with Crippen LogP contribution in [-0.4, -0.2) is 18.5 Å². The van der Waals surface area contributed by atoms with Crippen molar-refractivity contribution in [1.82, 2.24) is 0 Å². The number of carbonyl (C=O) groups excluding carboxylic acids is 2. The zero-order valence-electron chi connectivity index (χ0n) is 15.5. The van der Waals surface area contributed by atoms with Gasteiger partial charge in [-0.2, -0.15) is 0 Å². The molecule has 2 aromatic rings. The lowest BCUT2D eigenvalue weighted by Crippen LogP contribution is -2.43. The highest BCUT2D eigenvalue weighted by molar-refractivity contribution is 9.10. The van der Waals surface area contributed by atoms with E-state index in [9.17, 15) is 9.59 Å². The maximum atomic E-state index is 13.1. The first-order chi connectivity index (χ1) is 12.9. The Morgan fingerprint density at radius 3 is 2.37 bits per heavy atom. The zero-order valence-corrected chi connectivity index (χ0v) is 17.1. The van der Waals surface area contributed by atoms with Gasteiger partial charge in [0.25, 0.3) is 0 Å². The molecule has 0 radical (unpaired) electrons. The van der Waals surface area contributed by atoms with Crippen LogP contribution in [0.4, 0.5) is 0 Å². The Kier molecular flexibility index (Phi) is 5.51. The van der Waals surface area contributed by atoms with E-state index in [4.69, 9.17) is 9.47 Å². The Labute approximate surface area is 167 Å². The molecule has 0 aliphatic carbocycles. The number of cyclic esters (lactones) is 1. The topological polar surface area (TPSA) is 52.6 Å². The maximum Gasteiger partial charge on any atom is 0.374 e. The van der Waals surface area contributed by atoms with Crippen LogP contribution in [0.5, 0.6) is 0 Å². The zero-order chi connectivity index (χ0) is 19.6. The summed E-state index contributed by atoms with van der Waals surface area (Å²) in [7, 11) is 0. The smallest absolute Gasteiger partial charge is 0.374 e. The van der Waals surface area contributed by atoms with E-state index in [2.05, 4.69) is 15.9 Å². The van der Waals surface area contributed by atoms with E-state index in [1.165, 1.54) is 0 Å². The van der Waals surface area contributed by atoms with E-state index in [0.29, 0.717) is 0 Å². The molecule has 2 aromatic carbocycles. The predicted molar refractivity (Wildman–Crippen MR) is 106 cm³/mol. The van der Waals surface area contributed by atoms with Gasteiger partial charge in [0.1, 0.15) is 5.41 Å². The summed E-state index contributed by atoms with van der Waals surface area (Å²) in [5, 5.41) is 0. The number of aryl methyl sites for hydroxylation is 1. The molecule has 1 aliphatic heterocycles. The largest absolute Gasteiger partial charge is 0.460 e. The fourth-order valence-corrected chi connectivity index (χ4v) is 3.56. The Morgan fingerprint density at radius 1 is 1.15 bits per heavy atom. The highest BCUT2D eigenvalue weighted by Gasteiger charge is 2.48. The Bertz CT molecular complexity index is 884. The first kappa shape index (κ1) is 19.4. The van der Waals surface area contributed by atoms with Crippen molar-refractivity contribution in [3.63, 3.8) is 0 Å². The predicted octanol–water partition coefficient (Wildman–Crippen LogP) is 4.80. The molecule has 27 heavy (non-hydrogen) atoms. The summed E-state index contributed by atoms with van der Waals surface area (Å²) >= 11 is 3.44. The summed E-state index contributed by atoms with van der Waals surface area (Å²) in [5.41, 5.74) is 1.90. The van der Waals surface area contributed by atoms with Gasteiger partial charge in [-0.3, -0.25) is 4.79 Å². The molecule has 0 bridgehead atoms. The van der Waals surface area contributed by atoms with Crippen molar-refractivity contribution in [3.8, 4) is 0 Å². The van der Waals surface area contributed by atoms with Crippen LogP contribution in [0.15, 0.2) is 64.8 Å². The number of benzene rings is 2. The molecule has 0 unspecified atom stereocenters. The fourth-order valence-electron chi connectivity index (χ4n) is 3.29. The number of hydrogen-bond acceptors (Lipinski definition) is 4. The Hall–Kier alpha value is -2.40. The number of carbonyl (C=O) groups is 2. The lowest BCUT2D eigenvalue weighted by Gasteiger charge is -2.38. The molecular weight excluding hydrogens is 408 g/mol. The average Bonchev–Trinajstić information content (AvgIpc) is 2.65. The van der Waals surface area contributed by atoms with Gasteiger partial charge >= 0.3 is 11.9 Å². The van der Waals surface area contributed by atoms with Gasteiger partial charge in [0.05, 0.1) is 6.61 Å². The van der Waals surface area contributed by atoms with Crippen LogP contribution in [0.1, 0.15) is 36.5 Å². The van der Waals surface area contributed by atoms with Crippen LogP contribution >= 0.6 is 15.9 Å². The minimum Gasteiger partial charge on any atom is -0.460 e. The van der Waals surface area contributed by atoms with Crippen LogP contribution in [-0.2, 0) is 24.5 Å². The van der Waals surface area contributed by atoms with E-state index < -0.39 is 17.4 Å². The highest BCUT2D eigenvalue weighted by atomic mass is 79.9. The molecule has 4 nitrogen and oxygen atoms in total. The molecule has 0 fully saturated rings. The van der Waals surface area contributed by atoms with Gasteiger partial charge < -0.3 is 9.47 Å². The maximum absolute atomic E-state index is 13.1. The second-order valence-electron chi connectivity index (χ2n) is 6.74. The molecule has 3 rings (SSSR count). The van der Waals surface area contributed by atoms with Crippen LogP contribution in [0.25, 0.3) is 0 Å². The van der Waals surface area contributed by atoms with Crippen LogP contribution < -0.4 is 0 Å². The van der Waals surface area contributed by atoms with Gasteiger partial charge in [0.2, 0.25) is 5.76 Å². The van der Waals surface area contributed by atoms with Crippen molar-refractivity contribution in [2.24, 2.45) is 0 Å². The van der Waals surface area contributed by atoms with Crippen molar-refractivity contribution in [2.75, 3.05) is 6.61 Å². The fraction of sp³-hybridized carbons (Fsp3) is 0.273. The normalized spacial score (nSPS) is 22.0. The molecule has 2 atom stereocenters. The van der Waals surface area contributed by atoms with Crippen molar-refractivity contribution in [2.45, 2.75) is 32.1 Å². The number of halogens is 1. The van der Waals surface area contributed by atoms with Crippen molar-refractivity contribution < 1.29 is 19.1 Å². The van der Waals surface area contributed by atoms with Gasteiger partial charge in [-0.15, -0.1) is 0 Å². The third-order valence-corrected chi connectivity index (χ3v) is 5.45. The second-order valence-corrected chi connectivity index (χ2v) is 7.65. The van der Waals surface area contributed by atoms with Gasteiger partial charge in [-0.25, -0.2) is 4.79 Å². The quantitative estimate of drug-likeness (QED) is 0.656. The second kappa shape index (κ2) is 7.69. The van der Waals surface area contributed by atoms with Gasteiger partial charge in [0, 0.05) is 10.4 Å². The summed E-state index contributed by atoms with van der Waals surface area (Å²) in [6.45, 7) is 5.78. The standard InChI is InChI=1S/C22H21BrO4/c1-4-26-20(24)19-13-18(15-7-11-17(23)12-8-15)22(3,21(25)27-19)16-9-5-14(2)6-10-16/h5-13,18H,4H2,1-3H3/t18-,22-/m0/s1. The highest BCUT2D eigenvalue weighted by Crippen LogP contribution is 2.45. The van der Waals surface area contributed by atoms with Crippen LogP contribution in [0.2, 0.25) is 0 Å². The van der Waals surface area contributed by atoms with Gasteiger partial charge in [-0.05, 0) is 50.1 Å². The number of ether oxygens (including phenoxy) is 2. The molecule has 0 amide bonds. The van der Waals surface area contributed by atoms with Crippen LogP contribution in [0, 0.1) is 6.92 Å². The lowest BCUT2D eigenvalue weighted by molar-refractivity contribution is -0.156. The molecular formula is C22H21BrO4. The van der Waals surface area contributed by atoms with Crippen LogP contribution in [0.3, 0.4) is 0 Å². The molecule has 140 valence electrons. The number of rotatable bonds is 4. The summed E-state index contributed by atoms with van der Waals surface area (Å²) in [6, 6.07) is 15.5. The Morgan fingerprint density at radius 2 is 1.78 bits per heavy atom. The molecule has 0 saturated heterocycles. The average molecular weight is 429 g/mol. The van der Waals surface area contributed by atoms with Gasteiger partial charge in [0.15, 0.2) is 0 Å². The van der Waals surface area contributed by atoms with E-state index in [0.717, 1.165) is 21.2 Å². The minimum absolute atomic E-state index is 0.0562. The third kappa shape index (κ3) is 3.69. The molecule has 0 saturated carbocycles. The first-order valence-electron chi connectivity index (χ1n) is 8.80. The monoisotopic (exact) mass is 428 g/mol. The van der Waals surface area contributed by atoms with Crippen molar-refractivity contribution >= 4 is 27.9 Å². The number of esters is 2. The molecule has 1 aliphatic rings. The minimum atomic E-state index is -0.961. The van der Waals surface area contributed by atoms with E-state index >= 15 is 0 Å². The molecule has 5 heteroatoms. The third-order valence-electron chi connectivity index (χ3n) is 4.92. The molecule has 1 heterocycles. The van der Waals surface area contributed by atoms with Crippen molar-refractivity contribution in [1.29, 1.82) is 0 Å². The molecule has 0 spiro atoms. The first-order valence-corrected chi connectivity index (χ1v) is 9.59. The Balaban J connectivity index is 2.15. The molecule has 0 N–H and O–H groups in total. The van der Waals surface area contributed by atoms with E-state index in [1.54, 1.807) is 13.0 Å². The number of allylic oxidation sites excluding steroid dienone is 1. The lowest BCUT2D eigenvalue weighted by atomic mass is 9.67. The summed E-state index contributed by atoms with van der Waals surface area (Å²) < 4.78 is 11.4. The van der Waals surface area contributed by atoms with E-state index in [1.807, 2.05) is 62.4 Å². The van der Waals surface area contributed by atoms with Gasteiger partial charge in [-0.1, -0.05) is 57.9 Å². The summed E-state index contributed by atoms with van der Waals surface area (Å²) in [4.78, 5) is 25.3. The molecule has 0 aromatic heterocycles. The summed E-state index contributed by atoms with van der Waals surface area (Å²) in [6.07, 6.45) is 1.70. The van der Waals surface area contributed by atoms with Crippen molar-refractivity contribution in [3.05, 3.63) is 81.5 Å².